The van der Waals surface area contributed by atoms with Gasteiger partial charge in [0.1, 0.15) is 0 Å². The Labute approximate surface area is 85.1 Å². The van der Waals surface area contributed by atoms with E-state index in [1.165, 1.54) is 0 Å². The quantitative estimate of drug-likeness (QED) is 0.260. The first-order valence-corrected chi connectivity index (χ1v) is 4.75. The fourth-order valence-corrected chi connectivity index (χ4v) is 0.827. The second kappa shape index (κ2) is 5.16. The molecule has 0 heterocycles. The molecule has 2 unspecified atom stereocenters. The molecule has 6 nitrogen and oxygen atoms in total. The van der Waals surface area contributed by atoms with Crippen LogP contribution in [0.15, 0.2) is 8.80 Å². The number of hydrogen-bond donors (Lipinski definition) is 0. The van der Waals surface area contributed by atoms with Crippen LogP contribution in [0.3, 0.4) is 0 Å². The zero-order valence-electron chi connectivity index (χ0n) is 6.36. The van der Waals surface area contributed by atoms with Gasteiger partial charge in [0.05, 0.1) is 11.8 Å². The van der Waals surface area contributed by atoms with Crippen LogP contribution in [-0.2, 0) is 22.7 Å². The molecule has 12 heteroatoms. The summed E-state index contributed by atoms with van der Waals surface area (Å²) in [6.07, 6.45) is 0. The fraction of sp³-hybridized carbons (Fsp3) is 0.333. The van der Waals surface area contributed by atoms with Gasteiger partial charge in [-0.1, -0.05) is 0 Å². The first-order chi connectivity index (χ1) is 6.67. The maximum atomic E-state index is 12.4. The minimum atomic E-state index is -5.00. The van der Waals surface area contributed by atoms with Crippen molar-refractivity contribution in [3.8, 4) is 0 Å². The Kier molecular flexibility index (Phi) is 4.80. The van der Waals surface area contributed by atoms with Gasteiger partial charge in [-0.15, -0.1) is 7.77 Å². The van der Waals surface area contributed by atoms with Gasteiger partial charge in [-0.25, -0.2) is 0 Å². The smallest absolute Gasteiger partial charge is 0.323 e. The largest absolute Gasteiger partial charge is 0.857 e. The normalized spacial score (nSPS) is 18.7. The number of nitrogens with zero attached hydrogens (tertiary/aromatic N) is 2. The van der Waals surface area contributed by atoms with Gasteiger partial charge >= 0.3 is 28.7 Å². The molecule has 0 aliphatic carbocycles. The fourth-order valence-electron chi connectivity index (χ4n) is 0.336. The van der Waals surface area contributed by atoms with Crippen LogP contribution in [0.5, 0.6) is 0 Å². The van der Waals surface area contributed by atoms with Crippen molar-refractivity contribution in [2.45, 2.75) is 5.92 Å². The number of rotatable bonds is 4. The molecule has 15 heavy (non-hydrogen) atoms. The predicted molar refractivity (Wildman–Crippen MR) is 38.3 cm³/mol. The lowest BCUT2D eigenvalue weighted by Crippen LogP contribution is -2.50. The van der Waals surface area contributed by atoms with Gasteiger partial charge in [-0.05, 0) is 0 Å². The van der Waals surface area contributed by atoms with Gasteiger partial charge in [0, 0.05) is 0 Å². The summed E-state index contributed by atoms with van der Waals surface area (Å²) in [6.45, 7) is 0. The van der Waals surface area contributed by atoms with E-state index in [9.17, 15) is 35.2 Å². The first-order valence-electron chi connectivity index (χ1n) is 2.74. The topological polar surface area (TPSA) is 105 Å². The van der Waals surface area contributed by atoms with Crippen molar-refractivity contribution in [2.24, 2.45) is 8.80 Å². The van der Waals surface area contributed by atoms with Crippen LogP contribution >= 0.6 is 0 Å². The maximum absolute atomic E-state index is 12.4. The highest BCUT2D eigenvalue weighted by atomic mass is 32.2. The van der Waals surface area contributed by atoms with Crippen molar-refractivity contribution in [1.29, 1.82) is 0 Å². The molecular weight excluding hydrogens is 268 g/mol. The van der Waals surface area contributed by atoms with E-state index in [0.29, 0.717) is 0 Å². The summed E-state index contributed by atoms with van der Waals surface area (Å²) in [5, 5.41) is 20.5. The third-order valence-electron chi connectivity index (χ3n) is 0.847. The molecule has 0 saturated carbocycles. The van der Waals surface area contributed by atoms with Crippen LogP contribution in [0.25, 0.3) is 0 Å². The molecular formula is C3F4N2O4S2-2. The molecule has 0 aromatic carbocycles. The summed E-state index contributed by atoms with van der Waals surface area (Å²) in [7, 11) is 0. The van der Waals surface area contributed by atoms with Crippen molar-refractivity contribution < 1.29 is 35.2 Å². The second-order valence-corrected chi connectivity index (χ2v) is 2.97. The molecule has 0 aliphatic rings. The van der Waals surface area contributed by atoms with Gasteiger partial charge in [-0.3, -0.25) is 0 Å². The van der Waals surface area contributed by atoms with E-state index in [4.69, 9.17) is 0 Å². The highest BCUT2D eigenvalue weighted by Crippen LogP contribution is 2.14. The molecule has 0 N–H and O–H groups in total. The van der Waals surface area contributed by atoms with E-state index in [1.807, 2.05) is 0 Å². The third kappa shape index (κ3) is 4.33. The molecule has 88 valence electrons. The lowest BCUT2D eigenvalue weighted by Gasteiger charge is -2.25. The Morgan fingerprint density at radius 2 is 1.27 bits per heavy atom. The van der Waals surface area contributed by atoms with Crippen LogP contribution < -0.4 is 10.2 Å². The Morgan fingerprint density at radius 1 is 1.00 bits per heavy atom. The van der Waals surface area contributed by atoms with Gasteiger partial charge in [0.25, 0.3) is 0 Å². The summed E-state index contributed by atoms with van der Waals surface area (Å²) in [5.74, 6) is -10.4. The predicted octanol–water partition coefficient (Wildman–Crippen LogP) is -1.76. The van der Waals surface area contributed by atoms with Crippen LogP contribution in [-0.4, -0.2) is 26.1 Å². The van der Waals surface area contributed by atoms with E-state index in [1.54, 1.807) is 8.80 Å². The lowest BCUT2D eigenvalue weighted by molar-refractivity contribution is -0.264. The molecule has 0 saturated heterocycles. The summed E-state index contributed by atoms with van der Waals surface area (Å²) in [4.78, 5) is 0. The van der Waals surface area contributed by atoms with Crippen molar-refractivity contribution in [2.75, 3.05) is 0 Å². The summed E-state index contributed by atoms with van der Waals surface area (Å²) < 4.78 is 70.4. The van der Waals surface area contributed by atoms with Gasteiger partial charge in [0.2, 0.25) is 0 Å². The number of halogens is 4. The minimum absolute atomic E-state index is 1.69. The number of hydrogen-bond acceptors (Lipinski definition) is 4. The molecule has 0 aromatic rings. The van der Waals surface area contributed by atoms with Crippen molar-refractivity contribution in [1.82, 2.24) is 0 Å². The summed E-state index contributed by atoms with van der Waals surface area (Å²) in [5.41, 5.74) is 0. The van der Waals surface area contributed by atoms with Gasteiger partial charge < -0.3 is 10.2 Å². The zero-order chi connectivity index (χ0) is 12.2. The molecule has 0 spiro atoms. The van der Waals surface area contributed by atoms with Crippen LogP contribution in [0.2, 0.25) is 0 Å². The monoisotopic (exact) mass is 268 g/mol. The molecule has 0 bridgehead atoms. The molecule has 2 atom stereocenters. The molecule has 0 radical (unpaired) electrons. The van der Waals surface area contributed by atoms with E-state index in [-0.39, 0.29) is 0 Å². The van der Waals surface area contributed by atoms with Crippen LogP contribution in [0.1, 0.15) is 0 Å². The third-order valence-corrected chi connectivity index (χ3v) is 1.47. The zero-order valence-corrected chi connectivity index (χ0v) is 7.99. The average Bonchev–Trinajstić information content (AvgIpc) is 2.01. The van der Waals surface area contributed by atoms with E-state index in [0.717, 1.165) is 0 Å². The highest BCUT2D eigenvalue weighted by molar-refractivity contribution is 7.78. The molecule has 0 aromatic heterocycles. The first kappa shape index (κ1) is 14.0. The van der Waals surface area contributed by atoms with E-state index in [2.05, 4.69) is 0 Å². The van der Waals surface area contributed by atoms with Gasteiger partial charge in [0.15, 0.2) is 0 Å². The van der Waals surface area contributed by atoms with Crippen molar-refractivity contribution >= 4 is 34.5 Å². The maximum Gasteiger partial charge on any atom is 0.323 e. The SMILES string of the molecule is O=S(F)/N=C(\[O-])C(F)(F)/C([O-])=N/S(=O)F. The standard InChI is InChI=1S/C3H2F4N2O4S2/c4-3(5,1(10)8-14(6)12)2(11)9-15(7)13/h(H,8,10)(H,9,11)/p-2. The Bertz CT molecular complexity index is 324. The summed E-state index contributed by atoms with van der Waals surface area (Å²) >= 11 is -7.48. The molecule has 0 fully saturated rings. The summed E-state index contributed by atoms with van der Waals surface area (Å²) in [6, 6.07) is 0. The molecule has 0 rings (SSSR count). The van der Waals surface area contributed by atoms with Gasteiger partial charge in [-0.2, -0.15) is 26.0 Å². The second-order valence-electron chi connectivity index (χ2n) is 1.78. The lowest BCUT2D eigenvalue weighted by atomic mass is 10.3. The Morgan fingerprint density at radius 3 is 1.47 bits per heavy atom. The van der Waals surface area contributed by atoms with E-state index >= 15 is 0 Å². The van der Waals surface area contributed by atoms with Crippen molar-refractivity contribution in [3.63, 3.8) is 0 Å². The Hall–Kier alpha value is -1.04. The van der Waals surface area contributed by atoms with E-state index < -0.39 is 40.5 Å². The molecule has 0 amide bonds. The Balaban J connectivity index is 5.14. The number of alkyl halides is 2. The molecule has 0 aliphatic heterocycles. The average molecular weight is 268 g/mol. The van der Waals surface area contributed by atoms with Crippen LogP contribution in [0.4, 0.5) is 16.6 Å². The minimum Gasteiger partial charge on any atom is -0.857 e. The van der Waals surface area contributed by atoms with Crippen LogP contribution in [0, 0.1) is 0 Å². The highest BCUT2D eigenvalue weighted by Gasteiger charge is 2.32. The van der Waals surface area contributed by atoms with Crippen molar-refractivity contribution in [3.05, 3.63) is 0 Å².